The van der Waals surface area contributed by atoms with E-state index in [2.05, 4.69) is 10.4 Å². The predicted molar refractivity (Wildman–Crippen MR) is 95.6 cm³/mol. The number of carbonyl (C=O) groups is 2. The molecule has 0 radical (unpaired) electrons. The van der Waals surface area contributed by atoms with Crippen LogP contribution in [0.15, 0.2) is 28.9 Å². The number of rotatable bonds is 5. The van der Waals surface area contributed by atoms with Gasteiger partial charge >= 0.3 is 12.1 Å². The average molecular weight is 395 g/mol. The number of carbonyl (C=O) groups excluding carboxylic acids is 2. The topological polar surface area (TPSA) is 118 Å². The molecule has 0 unspecified atom stereocenters. The molecule has 146 valence electrons. The Bertz CT molecular complexity index is 950. The van der Waals surface area contributed by atoms with Gasteiger partial charge in [-0.05, 0) is 32.0 Å². The van der Waals surface area contributed by atoms with Crippen LogP contribution in [0.1, 0.15) is 23.2 Å². The number of nitrogens with zero attached hydrogens (tertiary/aromatic N) is 4. The lowest BCUT2D eigenvalue weighted by molar-refractivity contribution is 0.193. The highest BCUT2D eigenvalue weighted by Crippen LogP contribution is 2.21. The van der Waals surface area contributed by atoms with Crippen LogP contribution in [0.3, 0.4) is 0 Å². The van der Waals surface area contributed by atoms with E-state index >= 15 is 0 Å². The first kappa shape index (κ1) is 19.0. The zero-order valence-corrected chi connectivity index (χ0v) is 16.1. The molecule has 0 aliphatic carbocycles. The summed E-state index contributed by atoms with van der Waals surface area (Å²) in [6.45, 7) is 3.83. The van der Waals surface area contributed by atoms with Crippen LogP contribution in [0.25, 0.3) is 0 Å². The largest absolute Gasteiger partial charge is 0.467 e. The van der Waals surface area contributed by atoms with E-state index in [-0.39, 0.29) is 19.6 Å². The van der Waals surface area contributed by atoms with Crippen molar-refractivity contribution >= 4 is 22.1 Å². The van der Waals surface area contributed by atoms with Gasteiger partial charge in [-0.3, -0.25) is 4.68 Å². The molecular formula is C16H21N5O5S. The van der Waals surface area contributed by atoms with Crippen molar-refractivity contribution in [1.29, 1.82) is 0 Å². The summed E-state index contributed by atoms with van der Waals surface area (Å²) in [5.74, 6) is 0.604. The first-order chi connectivity index (χ1) is 12.7. The molecule has 1 atom stereocenters. The number of amides is 4. The van der Waals surface area contributed by atoms with Crippen LogP contribution in [0.2, 0.25) is 0 Å². The molecule has 3 heterocycles. The molecule has 1 aliphatic heterocycles. The number of hydrogen-bond acceptors (Lipinski definition) is 6. The maximum Gasteiger partial charge on any atom is 0.341 e. The van der Waals surface area contributed by atoms with E-state index < -0.39 is 28.1 Å². The van der Waals surface area contributed by atoms with E-state index in [1.807, 2.05) is 19.9 Å². The van der Waals surface area contributed by atoms with Gasteiger partial charge in [0.05, 0.1) is 31.3 Å². The Morgan fingerprint density at radius 3 is 2.63 bits per heavy atom. The third-order valence-electron chi connectivity index (χ3n) is 4.27. The summed E-state index contributed by atoms with van der Waals surface area (Å²) < 4.78 is 31.1. The quantitative estimate of drug-likeness (QED) is 0.810. The zero-order chi connectivity index (χ0) is 19.8. The molecule has 0 spiro atoms. The van der Waals surface area contributed by atoms with E-state index in [1.54, 1.807) is 16.8 Å². The molecular weight excluding hydrogens is 374 g/mol. The van der Waals surface area contributed by atoms with Crippen LogP contribution < -0.4 is 5.32 Å². The van der Waals surface area contributed by atoms with Crippen LogP contribution in [0.4, 0.5) is 9.59 Å². The molecule has 1 fully saturated rings. The third kappa shape index (κ3) is 3.82. The Morgan fingerprint density at radius 2 is 2.11 bits per heavy atom. The zero-order valence-electron chi connectivity index (χ0n) is 15.2. The molecule has 0 bridgehead atoms. The molecule has 2 aromatic rings. The summed E-state index contributed by atoms with van der Waals surface area (Å²) in [4.78, 5) is 25.5. The molecule has 1 N–H and O–H groups in total. The van der Waals surface area contributed by atoms with Gasteiger partial charge in [0.25, 0.3) is 0 Å². The third-order valence-corrected chi connectivity index (χ3v) is 5.41. The Balaban J connectivity index is 1.74. The number of sulfonamides is 1. The smallest absolute Gasteiger partial charge is 0.341 e. The Morgan fingerprint density at radius 1 is 1.37 bits per heavy atom. The molecule has 1 saturated heterocycles. The lowest BCUT2D eigenvalue weighted by Gasteiger charge is -2.20. The van der Waals surface area contributed by atoms with Crippen LogP contribution >= 0.6 is 0 Å². The Hall–Kier alpha value is -2.82. The maximum absolute atomic E-state index is 12.4. The number of hydrogen-bond donors (Lipinski definition) is 1. The summed E-state index contributed by atoms with van der Waals surface area (Å²) in [7, 11) is -3.70. The molecule has 3 rings (SSSR count). The molecule has 2 aromatic heterocycles. The van der Waals surface area contributed by atoms with Crippen molar-refractivity contribution in [1.82, 2.24) is 24.3 Å². The van der Waals surface area contributed by atoms with Gasteiger partial charge in [0.15, 0.2) is 0 Å². The van der Waals surface area contributed by atoms with Gasteiger partial charge in [0.1, 0.15) is 11.8 Å². The van der Waals surface area contributed by atoms with E-state index in [0.717, 1.165) is 22.5 Å². The first-order valence-electron chi connectivity index (χ1n) is 8.31. The Labute approximate surface area is 156 Å². The second-order valence-electron chi connectivity index (χ2n) is 6.36. The van der Waals surface area contributed by atoms with Gasteiger partial charge in [0, 0.05) is 12.2 Å². The van der Waals surface area contributed by atoms with Gasteiger partial charge in [-0.1, -0.05) is 0 Å². The highest BCUT2D eigenvalue weighted by Gasteiger charge is 2.38. The molecule has 11 heteroatoms. The van der Waals surface area contributed by atoms with E-state index in [1.165, 1.54) is 6.26 Å². The number of urea groups is 2. The molecule has 4 amide bonds. The van der Waals surface area contributed by atoms with Crippen molar-refractivity contribution < 1.29 is 22.4 Å². The van der Waals surface area contributed by atoms with E-state index in [0.29, 0.717) is 10.1 Å². The number of furan rings is 1. The Kier molecular flexibility index (Phi) is 4.96. The summed E-state index contributed by atoms with van der Waals surface area (Å²) >= 11 is 0. The molecule has 1 aliphatic rings. The van der Waals surface area contributed by atoms with Crippen molar-refractivity contribution in [3.8, 4) is 0 Å². The van der Waals surface area contributed by atoms with Gasteiger partial charge in [0.2, 0.25) is 10.0 Å². The number of aryl methyl sites for hydroxylation is 2. The van der Waals surface area contributed by atoms with Gasteiger partial charge in [-0.25, -0.2) is 27.2 Å². The van der Waals surface area contributed by atoms with Crippen LogP contribution in [-0.2, 0) is 10.0 Å². The fourth-order valence-corrected chi connectivity index (χ4v) is 3.84. The van der Waals surface area contributed by atoms with E-state index in [4.69, 9.17) is 4.42 Å². The fourth-order valence-electron chi connectivity index (χ4n) is 3.04. The van der Waals surface area contributed by atoms with Crippen LogP contribution in [0.5, 0.6) is 0 Å². The number of imide groups is 1. The molecule has 0 saturated carbocycles. The first-order valence-corrected chi connectivity index (χ1v) is 10.2. The second-order valence-corrected chi connectivity index (χ2v) is 8.27. The van der Waals surface area contributed by atoms with E-state index in [9.17, 15) is 18.0 Å². The number of aromatic nitrogens is 2. The molecule has 27 heavy (non-hydrogen) atoms. The summed E-state index contributed by atoms with van der Waals surface area (Å²) in [5, 5.41) is 7.11. The highest BCUT2D eigenvalue weighted by atomic mass is 32.2. The second kappa shape index (κ2) is 7.06. The van der Waals surface area contributed by atoms with Crippen molar-refractivity contribution in [2.75, 3.05) is 25.9 Å². The fraction of sp³-hybridized carbons (Fsp3) is 0.438. The maximum atomic E-state index is 12.4. The van der Waals surface area contributed by atoms with Gasteiger partial charge < -0.3 is 9.73 Å². The van der Waals surface area contributed by atoms with Gasteiger partial charge in [-0.15, -0.1) is 0 Å². The van der Waals surface area contributed by atoms with Crippen LogP contribution in [-0.4, -0.2) is 65.4 Å². The van der Waals surface area contributed by atoms with Crippen LogP contribution in [0, 0.1) is 13.8 Å². The average Bonchev–Trinajstić information content (AvgIpc) is 3.28. The minimum atomic E-state index is -3.70. The van der Waals surface area contributed by atoms with Crippen molar-refractivity contribution in [3.63, 3.8) is 0 Å². The molecule has 10 nitrogen and oxygen atoms in total. The lowest BCUT2D eigenvalue weighted by atomic mass is 10.2. The summed E-state index contributed by atoms with van der Waals surface area (Å²) in [5.41, 5.74) is 1.72. The minimum Gasteiger partial charge on any atom is -0.467 e. The number of nitrogens with one attached hydrogen (secondary N) is 1. The molecule has 0 aromatic carbocycles. The highest BCUT2D eigenvalue weighted by molar-refractivity contribution is 7.88. The summed E-state index contributed by atoms with van der Waals surface area (Å²) in [6.07, 6.45) is 2.46. The van der Waals surface area contributed by atoms with Crippen molar-refractivity contribution in [2.45, 2.75) is 19.9 Å². The standard InChI is InChI=1S/C16H21N5O5S/c1-11-9-12(2)21(18-11)13(14-5-4-8-26-14)10-17-15(22)19-6-7-20(16(19)23)27(3,24)25/h4-5,8-9,13H,6-7,10H2,1-3H3,(H,17,22)/t13-/m1/s1. The normalized spacial score (nSPS) is 16.0. The van der Waals surface area contributed by atoms with Crippen molar-refractivity contribution in [3.05, 3.63) is 41.6 Å². The monoisotopic (exact) mass is 395 g/mol. The summed E-state index contributed by atoms with van der Waals surface area (Å²) in [6, 6.07) is 3.51. The SMILES string of the molecule is Cc1cc(C)n([C@H](CNC(=O)N2CCN(S(C)(=O)=O)C2=O)c2ccco2)n1. The minimum absolute atomic E-state index is 0.00304. The van der Waals surface area contributed by atoms with Gasteiger partial charge in [-0.2, -0.15) is 5.10 Å². The predicted octanol–water partition coefficient (Wildman–Crippen LogP) is 1.09. The van der Waals surface area contributed by atoms with Crippen molar-refractivity contribution in [2.24, 2.45) is 0 Å². The lowest BCUT2D eigenvalue weighted by Crippen LogP contribution is -2.45.